The van der Waals surface area contributed by atoms with E-state index < -0.39 is 0 Å². The molecule has 7 aromatic rings. The molecule has 3 aromatic carbocycles. The van der Waals surface area contributed by atoms with Crippen molar-refractivity contribution in [2.45, 2.75) is 6.92 Å². The zero-order valence-corrected chi connectivity index (χ0v) is 21.6. The lowest BCUT2D eigenvalue weighted by Crippen LogP contribution is -2.01. The molecule has 0 fully saturated rings. The third-order valence-electron chi connectivity index (χ3n) is 7.36. The Morgan fingerprint density at radius 1 is 0.795 bits per heavy atom. The minimum absolute atomic E-state index is 0.858. The summed E-state index contributed by atoms with van der Waals surface area (Å²) in [6.45, 7) is 6.23. The van der Waals surface area contributed by atoms with Gasteiger partial charge in [-0.1, -0.05) is 55.1 Å². The van der Waals surface area contributed by atoms with Gasteiger partial charge in [0, 0.05) is 57.8 Å². The van der Waals surface area contributed by atoms with Crippen molar-refractivity contribution in [3.63, 3.8) is 0 Å². The topological polar surface area (TPSA) is 35.6 Å². The first-order valence-corrected chi connectivity index (χ1v) is 13.1. The largest absolute Gasteiger partial charge is 0.317 e. The molecule has 0 aliphatic rings. The van der Waals surface area contributed by atoms with E-state index in [2.05, 4.69) is 106 Å². The minimum atomic E-state index is 0.858. The summed E-state index contributed by atoms with van der Waals surface area (Å²) in [6.07, 6.45) is 13.9. The molecule has 0 unspecified atom stereocenters. The number of fused-ring (bicyclic) bond motifs is 4. The number of pyridine rings is 2. The fourth-order valence-electron chi connectivity index (χ4n) is 5.62. The van der Waals surface area contributed by atoms with Crippen LogP contribution in [0.1, 0.15) is 18.2 Å². The van der Waals surface area contributed by atoms with Gasteiger partial charge >= 0.3 is 0 Å². The van der Waals surface area contributed by atoms with Crippen LogP contribution in [0.15, 0.2) is 122 Å². The first-order valence-electron chi connectivity index (χ1n) is 13.1. The highest BCUT2D eigenvalue weighted by molar-refractivity contribution is 6.14. The van der Waals surface area contributed by atoms with Gasteiger partial charge < -0.3 is 4.57 Å². The van der Waals surface area contributed by atoms with E-state index in [1.165, 1.54) is 21.7 Å². The second kappa shape index (κ2) is 9.26. The van der Waals surface area contributed by atoms with Gasteiger partial charge in [0.2, 0.25) is 0 Å². The maximum atomic E-state index is 4.86. The van der Waals surface area contributed by atoms with E-state index in [0.717, 1.165) is 44.8 Å². The molecule has 7 rings (SSSR count). The average molecular weight is 503 g/mol. The van der Waals surface area contributed by atoms with Crippen molar-refractivity contribution in [3.05, 3.63) is 134 Å². The first kappa shape index (κ1) is 22.9. The number of para-hydroxylation sites is 1. The molecule has 0 aliphatic carbocycles. The Kier molecular flexibility index (Phi) is 5.45. The Labute approximate surface area is 226 Å². The fraction of sp³-hybridized carbons (Fsp3) is 0.0286. The van der Waals surface area contributed by atoms with Gasteiger partial charge in [-0.25, -0.2) is 4.98 Å². The van der Waals surface area contributed by atoms with Gasteiger partial charge in [-0.3, -0.25) is 9.55 Å². The van der Waals surface area contributed by atoms with E-state index in [1.807, 2.05) is 43.6 Å². The lowest BCUT2D eigenvalue weighted by Gasteiger charge is -2.12. The summed E-state index contributed by atoms with van der Waals surface area (Å²) < 4.78 is 4.52. The Morgan fingerprint density at radius 3 is 2.49 bits per heavy atom. The molecule has 4 aromatic heterocycles. The normalized spacial score (nSPS) is 11.7. The molecular weight excluding hydrogens is 476 g/mol. The second-order valence-electron chi connectivity index (χ2n) is 9.60. The van der Waals surface area contributed by atoms with Crippen molar-refractivity contribution < 1.29 is 0 Å². The van der Waals surface area contributed by atoms with Crippen molar-refractivity contribution in [2.75, 3.05) is 0 Å². The van der Waals surface area contributed by atoms with E-state index in [-0.39, 0.29) is 0 Å². The summed E-state index contributed by atoms with van der Waals surface area (Å²) in [6, 6.07) is 29.9. The smallest absolute Gasteiger partial charge is 0.138 e. The summed E-state index contributed by atoms with van der Waals surface area (Å²) in [7, 11) is 0. The number of hydrogen-bond donors (Lipinski definition) is 0. The van der Waals surface area contributed by atoms with Crippen LogP contribution in [0, 0.1) is 0 Å². The Bertz CT molecular complexity index is 2030. The molecule has 0 saturated heterocycles. The maximum Gasteiger partial charge on any atom is 0.138 e. The molecule has 0 N–H and O–H groups in total. The summed E-state index contributed by atoms with van der Waals surface area (Å²) in [5.41, 5.74) is 7.75. The average Bonchev–Trinajstić information content (AvgIpc) is 3.55. The number of hydrogen-bond acceptors (Lipinski definition) is 2. The lowest BCUT2D eigenvalue weighted by molar-refractivity contribution is 1.03. The molecule has 39 heavy (non-hydrogen) atoms. The predicted octanol–water partition coefficient (Wildman–Crippen LogP) is 8.86. The third-order valence-corrected chi connectivity index (χ3v) is 7.36. The lowest BCUT2D eigenvalue weighted by atomic mass is 10.0. The van der Waals surface area contributed by atoms with Crippen molar-refractivity contribution in [3.8, 4) is 22.6 Å². The molecular formula is C35H26N4. The van der Waals surface area contributed by atoms with E-state index in [0.29, 0.717) is 0 Å². The van der Waals surface area contributed by atoms with Gasteiger partial charge in [0.1, 0.15) is 5.82 Å². The monoisotopic (exact) mass is 502 g/mol. The third kappa shape index (κ3) is 3.69. The first-order chi connectivity index (χ1) is 19.3. The maximum absolute atomic E-state index is 4.86. The van der Waals surface area contributed by atoms with Crippen LogP contribution >= 0.6 is 0 Å². The summed E-state index contributed by atoms with van der Waals surface area (Å²) in [4.78, 5) is 9.18. The molecule has 186 valence electrons. The summed E-state index contributed by atoms with van der Waals surface area (Å²) >= 11 is 0. The van der Waals surface area contributed by atoms with Gasteiger partial charge in [-0.15, -0.1) is 0 Å². The quantitative estimate of drug-likeness (QED) is 0.236. The van der Waals surface area contributed by atoms with Crippen LogP contribution in [0.25, 0.3) is 67.4 Å². The van der Waals surface area contributed by atoms with Crippen LogP contribution in [0.4, 0.5) is 0 Å². The predicted molar refractivity (Wildman–Crippen MR) is 163 cm³/mol. The molecule has 0 spiro atoms. The minimum Gasteiger partial charge on any atom is -0.317 e. The molecule has 4 heteroatoms. The van der Waals surface area contributed by atoms with Crippen molar-refractivity contribution in [2.24, 2.45) is 0 Å². The van der Waals surface area contributed by atoms with Crippen LogP contribution in [-0.2, 0) is 0 Å². The van der Waals surface area contributed by atoms with E-state index >= 15 is 0 Å². The van der Waals surface area contributed by atoms with E-state index in [4.69, 9.17) is 4.98 Å². The van der Waals surface area contributed by atoms with Crippen LogP contribution in [0.5, 0.6) is 0 Å². The summed E-state index contributed by atoms with van der Waals surface area (Å²) in [5, 5.41) is 4.70. The number of allylic oxidation sites excluding steroid dienone is 1. The number of benzene rings is 3. The van der Waals surface area contributed by atoms with Gasteiger partial charge in [0.05, 0.1) is 16.7 Å². The Morgan fingerprint density at radius 2 is 1.69 bits per heavy atom. The molecule has 4 heterocycles. The molecule has 0 bridgehead atoms. The standard InChI is InChI=1S/C35H26N4/c1-3-9-32-29(4-2)30-14-13-25-21-33-26(16-19-38(33)28-11-6-5-7-12-28)20-31(25)35(30)39(32)34-22-24(15-18-37-34)27-10-8-17-36-23-27/h3-23H,2H2,1H3/b9-3-. The fourth-order valence-corrected chi connectivity index (χ4v) is 5.62. The SMILES string of the molecule is C=Cc1c(/C=C\C)n(-c2cc(-c3cccnc3)ccn2)c2c1ccc1cc3c(ccn3-c3ccccc3)cc12. The number of rotatable bonds is 5. The zero-order valence-electron chi connectivity index (χ0n) is 21.6. The molecule has 4 nitrogen and oxygen atoms in total. The van der Waals surface area contributed by atoms with Crippen LogP contribution < -0.4 is 0 Å². The van der Waals surface area contributed by atoms with Crippen molar-refractivity contribution >= 4 is 44.7 Å². The van der Waals surface area contributed by atoms with Crippen molar-refractivity contribution in [1.82, 2.24) is 19.1 Å². The van der Waals surface area contributed by atoms with Gasteiger partial charge in [-0.2, -0.15) is 0 Å². The highest BCUT2D eigenvalue weighted by atomic mass is 15.1. The highest BCUT2D eigenvalue weighted by Crippen LogP contribution is 2.38. The Balaban J connectivity index is 1.55. The highest BCUT2D eigenvalue weighted by Gasteiger charge is 2.19. The summed E-state index contributed by atoms with van der Waals surface area (Å²) in [5.74, 6) is 0.858. The van der Waals surface area contributed by atoms with Gasteiger partial charge in [0.25, 0.3) is 0 Å². The van der Waals surface area contributed by atoms with Crippen LogP contribution in [-0.4, -0.2) is 19.1 Å². The zero-order chi connectivity index (χ0) is 26.3. The van der Waals surface area contributed by atoms with Crippen LogP contribution in [0.2, 0.25) is 0 Å². The van der Waals surface area contributed by atoms with Gasteiger partial charge in [-0.05, 0) is 72.5 Å². The van der Waals surface area contributed by atoms with E-state index in [9.17, 15) is 0 Å². The second-order valence-corrected chi connectivity index (χ2v) is 9.60. The molecule has 0 atom stereocenters. The molecule has 0 saturated carbocycles. The molecule has 0 amide bonds. The van der Waals surface area contributed by atoms with Crippen LogP contribution in [0.3, 0.4) is 0 Å². The Hall–Kier alpha value is -5.22. The molecule has 0 aliphatic heterocycles. The molecule has 0 radical (unpaired) electrons. The van der Waals surface area contributed by atoms with Crippen molar-refractivity contribution in [1.29, 1.82) is 0 Å². The van der Waals surface area contributed by atoms with E-state index in [1.54, 1.807) is 6.20 Å². The van der Waals surface area contributed by atoms with Gasteiger partial charge in [0.15, 0.2) is 0 Å². The number of aromatic nitrogens is 4. The number of nitrogens with zero attached hydrogens (tertiary/aromatic N) is 4.